The van der Waals surface area contributed by atoms with Crippen LogP contribution in [0.2, 0.25) is 16.6 Å². The Bertz CT molecular complexity index is 388. The molecule has 0 aliphatic heterocycles. The Morgan fingerprint density at radius 2 is 1.38 bits per heavy atom. The molecule has 0 fully saturated rings. The Kier molecular flexibility index (Phi) is 6.95. The molecule has 120 valence electrons. The van der Waals surface area contributed by atoms with Gasteiger partial charge < -0.3 is 9.53 Å². The van der Waals surface area contributed by atoms with Crippen molar-refractivity contribution in [2.24, 2.45) is 0 Å². The van der Waals surface area contributed by atoms with E-state index in [-0.39, 0.29) is 6.61 Å². The van der Waals surface area contributed by atoms with Gasteiger partial charge in [-0.05, 0) is 47.2 Å². The van der Waals surface area contributed by atoms with Crippen molar-refractivity contribution in [1.82, 2.24) is 0 Å². The normalized spacial score (nSPS) is 12.5. The highest BCUT2D eigenvalue weighted by atomic mass is 28.4. The lowest BCUT2D eigenvalue weighted by Crippen LogP contribution is -2.50. The zero-order valence-electron chi connectivity index (χ0n) is 14.5. The van der Waals surface area contributed by atoms with Crippen LogP contribution in [-0.4, -0.2) is 20.0 Å². The second-order valence-electron chi connectivity index (χ2n) is 6.89. The summed E-state index contributed by atoms with van der Waals surface area (Å²) in [6.45, 7) is 14.1. The molecule has 1 rings (SSSR count). The van der Waals surface area contributed by atoms with E-state index in [1.807, 2.05) is 0 Å². The number of aryl methyl sites for hydroxylation is 1. The van der Waals surface area contributed by atoms with Gasteiger partial charge in [-0.15, -0.1) is 0 Å². The van der Waals surface area contributed by atoms with Gasteiger partial charge in [0.05, 0.1) is 0 Å². The summed E-state index contributed by atoms with van der Waals surface area (Å²) in [5.74, 6) is 1.01. The van der Waals surface area contributed by atoms with E-state index in [9.17, 15) is 0 Å². The highest BCUT2D eigenvalue weighted by molar-refractivity contribution is 6.78. The molecule has 3 heteroatoms. The maximum atomic E-state index is 8.90. The van der Waals surface area contributed by atoms with E-state index in [0.29, 0.717) is 16.6 Å². The lowest BCUT2D eigenvalue weighted by Gasteiger charge is -2.42. The van der Waals surface area contributed by atoms with Gasteiger partial charge in [-0.1, -0.05) is 53.7 Å². The monoisotopic (exact) mass is 308 g/mol. The van der Waals surface area contributed by atoms with Crippen LogP contribution >= 0.6 is 0 Å². The van der Waals surface area contributed by atoms with Gasteiger partial charge in [-0.25, -0.2) is 0 Å². The van der Waals surface area contributed by atoms with Crippen LogP contribution < -0.4 is 4.43 Å². The second kappa shape index (κ2) is 8.00. The van der Waals surface area contributed by atoms with Crippen LogP contribution in [0.4, 0.5) is 0 Å². The Morgan fingerprint density at radius 1 is 0.905 bits per heavy atom. The van der Waals surface area contributed by atoms with E-state index < -0.39 is 8.32 Å². The molecule has 1 aromatic rings. The molecular weight excluding hydrogens is 276 g/mol. The van der Waals surface area contributed by atoms with Gasteiger partial charge in [-0.3, -0.25) is 0 Å². The third-order valence-electron chi connectivity index (χ3n) is 4.55. The minimum Gasteiger partial charge on any atom is -0.543 e. The first-order valence-electron chi connectivity index (χ1n) is 8.23. The molecule has 21 heavy (non-hydrogen) atoms. The molecule has 0 aromatic heterocycles. The van der Waals surface area contributed by atoms with E-state index in [1.165, 1.54) is 5.56 Å². The molecular formula is C18H32O2Si. The van der Waals surface area contributed by atoms with E-state index in [1.54, 1.807) is 0 Å². The molecule has 1 N–H and O–H groups in total. The summed E-state index contributed by atoms with van der Waals surface area (Å²) < 4.78 is 6.64. The lowest BCUT2D eigenvalue weighted by atomic mass is 10.1. The molecule has 0 amide bonds. The molecule has 0 atom stereocenters. The average Bonchev–Trinajstić information content (AvgIpc) is 2.42. The Hall–Kier alpha value is -0.803. The van der Waals surface area contributed by atoms with Crippen molar-refractivity contribution in [3.05, 3.63) is 29.8 Å². The molecule has 0 spiro atoms. The summed E-state index contributed by atoms with van der Waals surface area (Å²) in [6.07, 6.45) is 1.75. The van der Waals surface area contributed by atoms with Crippen molar-refractivity contribution >= 4 is 8.32 Å². The molecule has 0 saturated heterocycles. The van der Waals surface area contributed by atoms with Crippen molar-refractivity contribution < 1.29 is 9.53 Å². The van der Waals surface area contributed by atoms with Crippen LogP contribution in [0.5, 0.6) is 5.75 Å². The number of benzene rings is 1. The van der Waals surface area contributed by atoms with Gasteiger partial charge in [-0.2, -0.15) is 0 Å². The van der Waals surface area contributed by atoms with Crippen molar-refractivity contribution in [2.75, 3.05) is 6.61 Å². The summed E-state index contributed by atoms with van der Waals surface area (Å²) in [7, 11) is -1.85. The van der Waals surface area contributed by atoms with Crippen molar-refractivity contribution in [2.45, 2.75) is 71.0 Å². The van der Waals surface area contributed by atoms with E-state index >= 15 is 0 Å². The molecule has 0 unspecified atom stereocenters. The zero-order chi connectivity index (χ0) is 16.0. The van der Waals surface area contributed by atoms with Crippen LogP contribution in [0.1, 0.15) is 53.5 Å². The van der Waals surface area contributed by atoms with Crippen LogP contribution in [0.15, 0.2) is 24.3 Å². The second-order valence-corrected chi connectivity index (χ2v) is 12.3. The molecule has 0 aliphatic carbocycles. The summed E-state index contributed by atoms with van der Waals surface area (Å²) in [6, 6.07) is 8.46. The van der Waals surface area contributed by atoms with Gasteiger partial charge in [0.15, 0.2) is 0 Å². The maximum absolute atomic E-state index is 8.90. The summed E-state index contributed by atoms with van der Waals surface area (Å²) >= 11 is 0. The Morgan fingerprint density at radius 3 is 1.76 bits per heavy atom. The smallest absolute Gasteiger partial charge is 0.258 e. The minimum atomic E-state index is -1.85. The fraction of sp³-hybridized carbons (Fsp3) is 0.667. The number of aliphatic hydroxyl groups excluding tert-OH is 1. The standard InChI is InChI=1S/C18H32O2Si/c1-14(2)21(15(3)4,16(5)6)20-18-11-9-17(10-12-18)8-7-13-19/h9-12,14-16,19H,7-8,13H2,1-6H3. The summed E-state index contributed by atoms with van der Waals surface area (Å²) in [5.41, 5.74) is 3.03. The van der Waals surface area contributed by atoms with Crippen LogP contribution in [0, 0.1) is 0 Å². The quantitative estimate of drug-likeness (QED) is 0.672. The van der Waals surface area contributed by atoms with Crippen molar-refractivity contribution in [1.29, 1.82) is 0 Å². The van der Waals surface area contributed by atoms with E-state index in [0.717, 1.165) is 18.6 Å². The first kappa shape index (κ1) is 18.2. The van der Waals surface area contributed by atoms with Gasteiger partial charge in [0.1, 0.15) is 5.75 Å². The molecule has 0 heterocycles. The minimum absolute atomic E-state index is 0.252. The highest BCUT2D eigenvalue weighted by Gasteiger charge is 2.46. The predicted molar refractivity (Wildman–Crippen MR) is 93.5 cm³/mol. The third kappa shape index (κ3) is 4.33. The van der Waals surface area contributed by atoms with Crippen LogP contribution in [0.25, 0.3) is 0 Å². The summed E-state index contributed by atoms with van der Waals surface area (Å²) in [4.78, 5) is 0. The first-order valence-corrected chi connectivity index (χ1v) is 10.4. The molecule has 0 bridgehead atoms. The fourth-order valence-corrected chi connectivity index (χ4v) is 8.82. The SMILES string of the molecule is CC(C)[Si](Oc1ccc(CCCO)cc1)(C(C)C)C(C)C. The number of aliphatic hydroxyl groups is 1. The van der Waals surface area contributed by atoms with Gasteiger partial charge in [0.2, 0.25) is 0 Å². The molecule has 0 saturated carbocycles. The third-order valence-corrected chi connectivity index (χ3v) is 10.6. The predicted octanol–water partition coefficient (Wildman–Crippen LogP) is 5.17. The number of hydrogen-bond acceptors (Lipinski definition) is 2. The average molecular weight is 309 g/mol. The molecule has 0 radical (unpaired) electrons. The van der Waals surface area contributed by atoms with Crippen molar-refractivity contribution in [3.63, 3.8) is 0 Å². The topological polar surface area (TPSA) is 29.5 Å². The van der Waals surface area contributed by atoms with Crippen molar-refractivity contribution in [3.8, 4) is 5.75 Å². The van der Waals surface area contributed by atoms with Gasteiger partial charge in [0.25, 0.3) is 8.32 Å². The first-order chi connectivity index (χ1) is 9.84. The van der Waals surface area contributed by atoms with Gasteiger partial charge >= 0.3 is 0 Å². The zero-order valence-corrected chi connectivity index (χ0v) is 15.5. The largest absolute Gasteiger partial charge is 0.543 e. The fourth-order valence-electron chi connectivity index (χ4n) is 3.57. The Labute approximate surface area is 131 Å². The summed E-state index contributed by atoms with van der Waals surface area (Å²) in [5, 5.41) is 8.90. The molecule has 0 aliphatic rings. The Balaban J connectivity index is 2.94. The maximum Gasteiger partial charge on any atom is 0.258 e. The van der Waals surface area contributed by atoms with Crippen LogP contribution in [0.3, 0.4) is 0 Å². The number of hydrogen-bond donors (Lipinski definition) is 1. The van der Waals surface area contributed by atoms with Gasteiger partial charge in [0, 0.05) is 6.61 Å². The molecule has 2 nitrogen and oxygen atoms in total. The highest BCUT2D eigenvalue weighted by Crippen LogP contribution is 2.42. The van der Waals surface area contributed by atoms with E-state index in [4.69, 9.17) is 9.53 Å². The lowest BCUT2D eigenvalue weighted by molar-refractivity contribution is 0.288. The molecule has 1 aromatic carbocycles. The van der Waals surface area contributed by atoms with E-state index in [2.05, 4.69) is 65.8 Å². The van der Waals surface area contributed by atoms with Crippen LogP contribution in [-0.2, 0) is 6.42 Å². The number of rotatable bonds is 8.